The van der Waals surface area contributed by atoms with Crippen molar-refractivity contribution < 1.29 is 28.2 Å². The fourth-order valence-corrected chi connectivity index (χ4v) is 4.21. The molecule has 2 aromatic rings. The molecule has 2 bridgehead atoms. The van der Waals surface area contributed by atoms with Crippen molar-refractivity contribution in [1.82, 2.24) is 19.5 Å². The lowest BCUT2D eigenvalue weighted by Gasteiger charge is -2.31. The Morgan fingerprint density at radius 2 is 2.27 bits per heavy atom. The van der Waals surface area contributed by atoms with Crippen LogP contribution in [0.5, 0.6) is 0 Å². The molecule has 2 saturated heterocycles. The summed E-state index contributed by atoms with van der Waals surface area (Å²) in [6.45, 7) is 1.40. The Labute approximate surface area is 147 Å². The van der Waals surface area contributed by atoms with E-state index in [2.05, 4.69) is 15.0 Å². The van der Waals surface area contributed by atoms with E-state index in [1.807, 2.05) is 0 Å². The number of hydrogen-bond acceptors (Lipinski definition) is 10. The number of anilines is 2. The average Bonchev–Trinajstić information content (AvgIpc) is 3.16. The monoisotopic (exact) mass is 386 g/mol. The van der Waals surface area contributed by atoms with Gasteiger partial charge in [-0.25, -0.2) is 4.98 Å². The van der Waals surface area contributed by atoms with Crippen LogP contribution in [0.25, 0.3) is 11.2 Å². The number of aromatic nitrogens is 4. The van der Waals surface area contributed by atoms with E-state index in [4.69, 9.17) is 30.2 Å². The van der Waals surface area contributed by atoms with Crippen LogP contribution in [0.2, 0.25) is 0 Å². The summed E-state index contributed by atoms with van der Waals surface area (Å²) in [4.78, 5) is 21.9. The van der Waals surface area contributed by atoms with Gasteiger partial charge in [-0.05, 0) is 0 Å². The Bertz CT molecular complexity index is 901. The topological polar surface area (TPSA) is 170 Å². The Hall–Kier alpha value is -1.82. The van der Waals surface area contributed by atoms with Crippen LogP contribution in [0.3, 0.4) is 0 Å². The molecule has 2 aliphatic heterocycles. The average molecular weight is 386 g/mol. The number of nitrogen functional groups attached to an aromatic ring is 2. The van der Waals surface area contributed by atoms with Gasteiger partial charge in [-0.3, -0.25) is 13.7 Å². The van der Waals surface area contributed by atoms with E-state index in [1.54, 1.807) is 4.57 Å². The lowest BCUT2D eigenvalue weighted by atomic mass is 10.0. The lowest BCUT2D eigenvalue weighted by Crippen LogP contribution is -2.45. The molecule has 4 rings (SSSR count). The van der Waals surface area contributed by atoms with Crippen LogP contribution >= 0.6 is 7.60 Å². The highest BCUT2D eigenvalue weighted by Gasteiger charge is 2.64. The Kier molecular flexibility index (Phi) is 3.95. The van der Waals surface area contributed by atoms with Gasteiger partial charge < -0.3 is 30.6 Å². The summed E-state index contributed by atoms with van der Waals surface area (Å²) < 4.78 is 36.0. The summed E-state index contributed by atoms with van der Waals surface area (Å²) in [5, 5.41) is 0. The standard InChI is InChI=1S/C13H19N6O6P/c1-22-3-13-4-23-7(8(13)25-26(2,20)21)11(24-13)19-5-16-6-9(14)17-12(15)18-10(6)19/h5,7-8,11H,3-4H2,1-2H3,(H,20,21)(H4,14,15,17,18)/t7-,8?,11+,13-/m0/s1. The molecule has 0 aromatic carbocycles. The van der Waals surface area contributed by atoms with Crippen LogP contribution in [-0.2, 0) is 23.3 Å². The Morgan fingerprint density at radius 1 is 1.50 bits per heavy atom. The van der Waals surface area contributed by atoms with Crippen LogP contribution in [-0.4, -0.2) is 69.2 Å². The molecule has 13 heteroatoms. The second-order valence-electron chi connectivity index (χ2n) is 6.40. The van der Waals surface area contributed by atoms with Crippen molar-refractivity contribution in [2.45, 2.75) is 24.0 Å². The first-order chi connectivity index (χ1) is 12.2. The third-order valence-corrected chi connectivity index (χ3v) is 5.03. The molecule has 0 saturated carbocycles. The van der Waals surface area contributed by atoms with E-state index < -0.39 is 31.6 Å². The molecule has 0 spiro atoms. The van der Waals surface area contributed by atoms with Gasteiger partial charge in [0.1, 0.15) is 23.3 Å². The van der Waals surface area contributed by atoms with Gasteiger partial charge in [0, 0.05) is 13.8 Å². The van der Waals surface area contributed by atoms with E-state index in [1.165, 1.54) is 13.4 Å². The molecule has 26 heavy (non-hydrogen) atoms. The Morgan fingerprint density at radius 3 is 2.96 bits per heavy atom. The van der Waals surface area contributed by atoms with Gasteiger partial charge in [0.15, 0.2) is 17.7 Å². The third kappa shape index (κ3) is 2.66. The van der Waals surface area contributed by atoms with Gasteiger partial charge in [0.2, 0.25) is 5.95 Å². The number of nitrogens with two attached hydrogens (primary N) is 2. The minimum Gasteiger partial charge on any atom is -0.382 e. The van der Waals surface area contributed by atoms with Crippen LogP contribution in [0.15, 0.2) is 6.33 Å². The van der Waals surface area contributed by atoms with Gasteiger partial charge in [-0.1, -0.05) is 0 Å². The highest BCUT2D eigenvalue weighted by Crippen LogP contribution is 2.53. The summed E-state index contributed by atoms with van der Waals surface area (Å²) in [6.07, 6.45) is -0.705. The van der Waals surface area contributed by atoms with Crippen molar-refractivity contribution in [3.8, 4) is 0 Å². The van der Waals surface area contributed by atoms with E-state index in [0.29, 0.717) is 11.2 Å². The van der Waals surface area contributed by atoms with Crippen molar-refractivity contribution >= 4 is 30.5 Å². The van der Waals surface area contributed by atoms with Gasteiger partial charge in [-0.2, -0.15) is 9.97 Å². The van der Waals surface area contributed by atoms with Crippen molar-refractivity contribution in [3.63, 3.8) is 0 Å². The van der Waals surface area contributed by atoms with Gasteiger partial charge in [-0.15, -0.1) is 0 Å². The van der Waals surface area contributed by atoms with Crippen LogP contribution in [0.1, 0.15) is 6.23 Å². The lowest BCUT2D eigenvalue weighted by molar-refractivity contribution is -0.188. The van der Waals surface area contributed by atoms with Gasteiger partial charge >= 0.3 is 7.60 Å². The second-order valence-corrected chi connectivity index (χ2v) is 8.22. The SMILES string of the molecule is COC[C@]12CO[C@@H](C1OP(C)(=O)O)[C@H](n1cnc3c(N)nc(N)nc31)O2. The maximum absolute atomic E-state index is 11.8. The molecule has 2 fully saturated rings. The van der Waals surface area contributed by atoms with Crippen LogP contribution in [0, 0.1) is 0 Å². The second kappa shape index (κ2) is 5.84. The van der Waals surface area contributed by atoms with Crippen molar-refractivity contribution in [2.75, 3.05) is 38.5 Å². The molecule has 0 amide bonds. The number of fused-ring (bicyclic) bond motifs is 3. The summed E-state index contributed by atoms with van der Waals surface area (Å²) in [5.41, 5.74) is 11.2. The molecule has 4 heterocycles. The minimum absolute atomic E-state index is 0.00588. The molecule has 5 N–H and O–H groups in total. The molecular formula is C13H19N6O6P. The zero-order valence-electron chi connectivity index (χ0n) is 14.1. The summed E-state index contributed by atoms with van der Waals surface area (Å²) in [7, 11) is -2.29. The van der Waals surface area contributed by atoms with Gasteiger partial charge in [0.25, 0.3) is 0 Å². The number of methoxy groups -OCH3 is 1. The third-order valence-electron chi connectivity index (χ3n) is 4.41. The van der Waals surface area contributed by atoms with E-state index in [0.717, 1.165) is 6.66 Å². The highest BCUT2D eigenvalue weighted by molar-refractivity contribution is 7.51. The first-order valence-electron chi connectivity index (χ1n) is 7.77. The van der Waals surface area contributed by atoms with Crippen LogP contribution in [0.4, 0.5) is 11.8 Å². The summed E-state index contributed by atoms with van der Waals surface area (Å²) in [5.74, 6) is 0.136. The van der Waals surface area contributed by atoms with Crippen molar-refractivity contribution in [1.29, 1.82) is 0 Å². The number of imidazole rings is 1. The number of nitrogens with zero attached hydrogens (tertiary/aromatic N) is 4. The number of rotatable bonds is 5. The molecule has 142 valence electrons. The molecule has 0 radical (unpaired) electrons. The van der Waals surface area contributed by atoms with Crippen molar-refractivity contribution in [3.05, 3.63) is 6.33 Å². The molecule has 5 atom stereocenters. The first kappa shape index (κ1) is 17.6. The minimum atomic E-state index is -3.79. The smallest absolute Gasteiger partial charge is 0.325 e. The van der Waals surface area contributed by atoms with Crippen molar-refractivity contribution in [2.24, 2.45) is 0 Å². The zero-order chi connectivity index (χ0) is 18.7. The maximum atomic E-state index is 11.8. The fraction of sp³-hybridized carbons (Fsp3) is 0.615. The molecule has 2 unspecified atom stereocenters. The van der Waals surface area contributed by atoms with Gasteiger partial charge in [0.05, 0.1) is 19.5 Å². The largest absolute Gasteiger partial charge is 0.382 e. The predicted molar refractivity (Wildman–Crippen MR) is 89.2 cm³/mol. The Balaban J connectivity index is 1.76. The quantitative estimate of drug-likeness (QED) is 0.566. The fourth-order valence-electron chi connectivity index (χ4n) is 3.47. The molecule has 2 aromatic heterocycles. The highest BCUT2D eigenvalue weighted by atomic mass is 31.2. The molecule has 2 aliphatic rings. The maximum Gasteiger partial charge on any atom is 0.325 e. The summed E-state index contributed by atoms with van der Waals surface area (Å²) in [6, 6.07) is 0. The number of ether oxygens (including phenoxy) is 3. The number of hydrogen-bond donors (Lipinski definition) is 3. The normalized spacial score (nSPS) is 33.0. The molecule has 12 nitrogen and oxygen atoms in total. The van der Waals surface area contributed by atoms with E-state index >= 15 is 0 Å². The van der Waals surface area contributed by atoms with E-state index in [-0.39, 0.29) is 25.0 Å². The first-order valence-corrected chi connectivity index (χ1v) is 9.79. The van der Waals surface area contributed by atoms with Crippen LogP contribution < -0.4 is 11.5 Å². The summed E-state index contributed by atoms with van der Waals surface area (Å²) >= 11 is 0. The predicted octanol–water partition coefficient (Wildman–Crippen LogP) is -0.496. The zero-order valence-corrected chi connectivity index (χ0v) is 15.0. The molecule has 0 aliphatic carbocycles. The van der Waals surface area contributed by atoms with E-state index in [9.17, 15) is 9.46 Å². The molecular weight excluding hydrogens is 367 g/mol.